The van der Waals surface area contributed by atoms with Crippen molar-refractivity contribution in [3.8, 4) is 6.07 Å². The number of fused-ring (bicyclic) bond motifs is 1. The van der Waals surface area contributed by atoms with Gasteiger partial charge >= 0.3 is 0 Å². The van der Waals surface area contributed by atoms with E-state index in [0.717, 1.165) is 30.7 Å². The molecule has 0 aliphatic carbocycles. The number of piperidine rings is 1. The number of hydrogen-bond acceptors (Lipinski definition) is 7. The first-order valence-corrected chi connectivity index (χ1v) is 10.6. The van der Waals surface area contributed by atoms with E-state index in [1.807, 2.05) is 6.07 Å². The Bertz CT molecular complexity index is 973. The second-order valence-electron chi connectivity index (χ2n) is 7.38. The van der Waals surface area contributed by atoms with Crippen LogP contribution in [-0.4, -0.2) is 55.1 Å². The Morgan fingerprint density at radius 3 is 2.58 bits per heavy atom. The molecule has 2 aliphatic rings. The molecule has 1 aromatic carbocycles. The van der Waals surface area contributed by atoms with Gasteiger partial charge in [-0.1, -0.05) is 6.92 Å². The number of nitrogens with one attached hydrogen (secondary N) is 1. The van der Waals surface area contributed by atoms with Crippen LogP contribution in [0.4, 0.5) is 5.69 Å². The molecule has 3 heterocycles. The monoisotopic (exact) mass is 371 g/mol. The minimum Gasteiger partial charge on any atom is -0.368 e. The predicted octanol–water partition coefficient (Wildman–Crippen LogP) is 1.10. The van der Waals surface area contributed by atoms with Crippen molar-refractivity contribution in [2.75, 3.05) is 29.5 Å². The standard InChI is InChI=1S/C18H21N5O2S/c1-12-6-14(22-15-10-26(24,25)11-15)9-23(8-12)16-3-2-13(7-19)17-18(16)21-5-4-20-17/h2-5,12,14-15,22H,6,8-11H2,1H3/t12-,14+/m1/s1. The van der Waals surface area contributed by atoms with Crippen molar-refractivity contribution in [2.24, 2.45) is 5.92 Å². The lowest BCUT2D eigenvalue weighted by Crippen LogP contribution is -2.58. The Kier molecular flexibility index (Phi) is 4.29. The molecule has 0 unspecified atom stereocenters. The van der Waals surface area contributed by atoms with E-state index in [4.69, 9.17) is 0 Å². The summed E-state index contributed by atoms with van der Waals surface area (Å²) in [6, 6.07) is 6.22. The van der Waals surface area contributed by atoms with E-state index >= 15 is 0 Å². The maximum Gasteiger partial charge on any atom is 0.153 e. The molecule has 4 rings (SSSR count). The Labute approximate surface area is 153 Å². The second-order valence-corrected chi connectivity index (χ2v) is 9.53. The van der Waals surface area contributed by atoms with Gasteiger partial charge in [-0.2, -0.15) is 5.26 Å². The third kappa shape index (κ3) is 3.24. The summed E-state index contributed by atoms with van der Waals surface area (Å²) in [7, 11) is -2.82. The summed E-state index contributed by atoms with van der Waals surface area (Å²) in [6.07, 6.45) is 4.27. The summed E-state index contributed by atoms with van der Waals surface area (Å²) in [6.45, 7) is 3.90. The van der Waals surface area contributed by atoms with Crippen molar-refractivity contribution in [1.82, 2.24) is 15.3 Å². The fraction of sp³-hybridized carbons (Fsp3) is 0.500. The maximum absolute atomic E-state index is 11.4. The van der Waals surface area contributed by atoms with E-state index in [0.29, 0.717) is 17.0 Å². The van der Waals surface area contributed by atoms with Gasteiger partial charge in [0.15, 0.2) is 9.84 Å². The van der Waals surface area contributed by atoms with Gasteiger partial charge in [0, 0.05) is 37.6 Å². The number of nitriles is 1. The van der Waals surface area contributed by atoms with Gasteiger partial charge in [-0.05, 0) is 24.5 Å². The smallest absolute Gasteiger partial charge is 0.153 e. The van der Waals surface area contributed by atoms with Crippen molar-refractivity contribution in [2.45, 2.75) is 25.4 Å². The molecule has 8 heteroatoms. The zero-order valence-corrected chi connectivity index (χ0v) is 15.4. The fourth-order valence-electron chi connectivity index (χ4n) is 4.05. The van der Waals surface area contributed by atoms with Crippen LogP contribution in [0.1, 0.15) is 18.9 Å². The van der Waals surface area contributed by atoms with Gasteiger partial charge in [0.1, 0.15) is 17.1 Å². The van der Waals surface area contributed by atoms with Crippen LogP contribution < -0.4 is 10.2 Å². The van der Waals surface area contributed by atoms with Crippen LogP contribution in [0.2, 0.25) is 0 Å². The third-order valence-electron chi connectivity index (χ3n) is 5.11. The first kappa shape index (κ1) is 17.2. The normalized spacial score (nSPS) is 25.6. The van der Waals surface area contributed by atoms with Crippen LogP contribution in [0, 0.1) is 17.2 Å². The second kappa shape index (κ2) is 6.49. The van der Waals surface area contributed by atoms with Crippen molar-refractivity contribution >= 4 is 26.6 Å². The average molecular weight is 371 g/mol. The fourth-order valence-corrected chi connectivity index (χ4v) is 5.37. The SMILES string of the molecule is C[C@@H]1C[C@H](NC2CS(=O)(=O)C2)CN(c2ccc(C#N)c3nccnc23)C1. The number of nitrogens with zero attached hydrogens (tertiary/aromatic N) is 4. The topological polar surface area (TPSA) is 99.0 Å². The predicted molar refractivity (Wildman–Crippen MR) is 99.6 cm³/mol. The molecule has 0 amide bonds. The molecule has 2 atom stereocenters. The summed E-state index contributed by atoms with van der Waals surface area (Å²) >= 11 is 0. The van der Waals surface area contributed by atoms with Crippen LogP contribution in [0.15, 0.2) is 24.5 Å². The highest BCUT2D eigenvalue weighted by atomic mass is 32.2. The molecule has 2 fully saturated rings. The Morgan fingerprint density at radius 2 is 1.88 bits per heavy atom. The largest absolute Gasteiger partial charge is 0.368 e. The van der Waals surface area contributed by atoms with Crippen LogP contribution >= 0.6 is 0 Å². The van der Waals surface area contributed by atoms with Gasteiger partial charge in [0.25, 0.3) is 0 Å². The lowest BCUT2D eigenvalue weighted by molar-refractivity contribution is 0.329. The van der Waals surface area contributed by atoms with E-state index in [9.17, 15) is 13.7 Å². The summed E-state index contributed by atoms with van der Waals surface area (Å²) < 4.78 is 22.8. The van der Waals surface area contributed by atoms with Gasteiger partial charge in [0.2, 0.25) is 0 Å². The van der Waals surface area contributed by atoms with E-state index in [-0.39, 0.29) is 23.6 Å². The first-order valence-electron chi connectivity index (χ1n) is 8.80. The molecule has 26 heavy (non-hydrogen) atoms. The molecule has 0 radical (unpaired) electrons. The average Bonchev–Trinajstić information content (AvgIpc) is 2.58. The molecule has 2 saturated heterocycles. The summed E-state index contributed by atoms with van der Waals surface area (Å²) in [5.41, 5.74) is 2.87. The Hall–Kier alpha value is -2.24. The van der Waals surface area contributed by atoms with Crippen LogP contribution in [0.5, 0.6) is 0 Å². The number of anilines is 1. The molecule has 0 bridgehead atoms. The lowest BCUT2D eigenvalue weighted by Gasteiger charge is -2.41. The molecular weight excluding hydrogens is 350 g/mol. The van der Waals surface area contributed by atoms with Gasteiger partial charge in [0.05, 0.1) is 22.8 Å². The number of benzene rings is 1. The summed E-state index contributed by atoms with van der Waals surface area (Å²) in [5, 5.41) is 12.8. The van der Waals surface area contributed by atoms with Crippen molar-refractivity contribution in [3.63, 3.8) is 0 Å². The minimum atomic E-state index is -2.82. The number of hydrogen-bond donors (Lipinski definition) is 1. The highest BCUT2D eigenvalue weighted by molar-refractivity contribution is 7.92. The van der Waals surface area contributed by atoms with Gasteiger partial charge < -0.3 is 10.2 Å². The van der Waals surface area contributed by atoms with E-state index in [2.05, 4.69) is 33.2 Å². The zero-order valence-electron chi connectivity index (χ0n) is 14.6. The zero-order chi connectivity index (χ0) is 18.3. The summed E-state index contributed by atoms with van der Waals surface area (Å²) in [4.78, 5) is 11.1. The van der Waals surface area contributed by atoms with Crippen molar-refractivity contribution < 1.29 is 8.42 Å². The molecule has 7 nitrogen and oxygen atoms in total. The molecule has 1 N–H and O–H groups in total. The Balaban J connectivity index is 1.59. The van der Waals surface area contributed by atoms with Crippen LogP contribution in [0.25, 0.3) is 11.0 Å². The van der Waals surface area contributed by atoms with E-state index in [1.54, 1.807) is 18.5 Å². The van der Waals surface area contributed by atoms with Crippen molar-refractivity contribution in [3.05, 3.63) is 30.1 Å². The highest BCUT2D eigenvalue weighted by Gasteiger charge is 2.36. The summed E-state index contributed by atoms with van der Waals surface area (Å²) in [5.74, 6) is 0.951. The number of sulfone groups is 1. The molecule has 2 aromatic rings. The van der Waals surface area contributed by atoms with E-state index < -0.39 is 9.84 Å². The molecule has 1 aromatic heterocycles. The lowest BCUT2D eigenvalue weighted by atomic mass is 9.94. The van der Waals surface area contributed by atoms with Gasteiger partial charge in [-0.15, -0.1) is 0 Å². The molecule has 2 aliphatic heterocycles. The minimum absolute atomic E-state index is 0.0645. The first-order chi connectivity index (χ1) is 12.4. The molecule has 136 valence electrons. The van der Waals surface area contributed by atoms with Crippen LogP contribution in [0.3, 0.4) is 0 Å². The molecule has 0 saturated carbocycles. The quantitative estimate of drug-likeness (QED) is 0.862. The molecular formula is C18H21N5O2S. The van der Waals surface area contributed by atoms with Crippen LogP contribution in [-0.2, 0) is 9.84 Å². The number of rotatable bonds is 3. The molecule has 0 spiro atoms. The number of aromatic nitrogens is 2. The van der Waals surface area contributed by atoms with Gasteiger partial charge in [-0.25, -0.2) is 8.42 Å². The van der Waals surface area contributed by atoms with Crippen molar-refractivity contribution in [1.29, 1.82) is 5.26 Å². The van der Waals surface area contributed by atoms with E-state index in [1.165, 1.54) is 0 Å². The maximum atomic E-state index is 11.4. The van der Waals surface area contributed by atoms with Gasteiger partial charge in [-0.3, -0.25) is 9.97 Å². The highest BCUT2D eigenvalue weighted by Crippen LogP contribution is 2.30. The third-order valence-corrected chi connectivity index (χ3v) is 6.93. The Morgan fingerprint density at radius 1 is 1.15 bits per heavy atom.